The lowest BCUT2D eigenvalue weighted by atomic mass is 10.0. The molecule has 0 amide bonds. The molecule has 1 atom stereocenters. The summed E-state index contributed by atoms with van der Waals surface area (Å²) in [5.41, 5.74) is 6.36. The van der Waals surface area contributed by atoms with Gasteiger partial charge >= 0.3 is 6.18 Å². The highest BCUT2D eigenvalue weighted by Crippen LogP contribution is 2.36. The largest absolute Gasteiger partial charge is 0.417 e. The quantitative estimate of drug-likeness (QED) is 0.554. The fourth-order valence-electron chi connectivity index (χ4n) is 2.71. The van der Waals surface area contributed by atoms with Crippen LogP contribution in [0.5, 0.6) is 0 Å². The highest BCUT2D eigenvalue weighted by Gasteiger charge is 2.33. The Balaban J connectivity index is 1.75. The van der Waals surface area contributed by atoms with Crippen LogP contribution in [0.4, 0.5) is 23.4 Å². The molecule has 3 aromatic rings. The van der Waals surface area contributed by atoms with Gasteiger partial charge in [-0.15, -0.1) is 0 Å². The number of nitrogens with zero attached hydrogens (tertiary/aromatic N) is 3. The maximum atomic E-state index is 13.4. The standard InChI is InChI=1S/C20H14ClF4N5/c21-15-6-12(1-3-14(15)20(23,24)25)18-7-19(30-10-29-18)28-9-17(27)11-2-4-16(22)13(5-11)8-26/h1-7,10,17H,9,27H2,(H,28,29,30). The van der Waals surface area contributed by atoms with Crippen LogP contribution in [0.15, 0.2) is 48.8 Å². The van der Waals surface area contributed by atoms with Gasteiger partial charge in [0.05, 0.1) is 21.8 Å². The molecular weight excluding hydrogens is 422 g/mol. The highest BCUT2D eigenvalue weighted by molar-refractivity contribution is 6.31. The lowest BCUT2D eigenvalue weighted by Crippen LogP contribution is -2.21. The average Bonchev–Trinajstić information content (AvgIpc) is 2.71. The molecule has 0 aliphatic heterocycles. The van der Waals surface area contributed by atoms with Gasteiger partial charge in [-0.05, 0) is 29.8 Å². The molecule has 5 nitrogen and oxygen atoms in total. The van der Waals surface area contributed by atoms with Crippen molar-refractivity contribution >= 4 is 17.4 Å². The monoisotopic (exact) mass is 435 g/mol. The van der Waals surface area contributed by atoms with E-state index in [1.165, 1.54) is 42.7 Å². The fraction of sp³-hybridized carbons (Fsp3) is 0.150. The average molecular weight is 436 g/mol. The van der Waals surface area contributed by atoms with Crippen LogP contribution in [0.3, 0.4) is 0 Å². The van der Waals surface area contributed by atoms with E-state index in [0.29, 0.717) is 22.6 Å². The number of halogens is 5. The molecule has 30 heavy (non-hydrogen) atoms. The number of nitrogens with one attached hydrogen (secondary N) is 1. The molecule has 0 aliphatic rings. The Morgan fingerprint density at radius 1 is 1.13 bits per heavy atom. The van der Waals surface area contributed by atoms with E-state index in [2.05, 4.69) is 15.3 Å². The van der Waals surface area contributed by atoms with E-state index >= 15 is 0 Å². The van der Waals surface area contributed by atoms with Crippen molar-refractivity contribution in [2.45, 2.75) is 12.2 Å². The SMILES string of the molecule is N#Cc1cc(C(N)CNc2cc(-c3ccc(C(F)(F)F)c(Cl)c3)ncn2)ccc1F. The number of alkyl halides is 3. The molecule has 154 valence electrons. The predicted molar refractivity (Wildman–Crippen MR) is 104 cm³/mol. The summed E-state index contributed by atoms with van der Waals surface area (Å²) in [7, 11) is 0. The Bertz CT molecular complexity index is 1110. The third-order valence-electron chi connectivity index (χ3n) is 4.28. The van der Waals surface area contributed by atoms with Crippen LogP contribution in [0.2, 0.25) is 5.02 Å². The van der Waals surface area contributed by atoms with Crippen molar-refractivity contribution in [2.75, 3.05) is 11.9 Å². The van der Waals surface area contributed by atoms with Crippen LogP contribution in [0, 0.1) is 17.1 Å². The molecule has 0 aliphatic carbocycles. The van der Waals surface area contributed by atoms with Crippen LogP contribution < -0.4 is 11.1 Å². The molecule has 10 heteroatoms. The Kier molecular flexibility index (Phi) is 6.20. The van der Waals surface area contributed by atoms with Gasteiger partial charge in [0.2, 0.25) is 0 Å². The number of hydrogen-bond acceptors (Lipinski definition) is 5. The van der Waals surface area contributed by atoms with E-state index in [0.717, 1.165) is 6.07 Å². The number of benzene rings is 2. The third kappa shape index (κ3) is 4.84. The number of nitrogens with two attached hydrogens (primary N) is 1. The number of anilines is 1. The molecule has 3 N–H and O–H groups in total. The second-order valence-corrected chi connectivity index (χ2v) is 6.73. The van der Waals surface area contributed by atoms with Gasteiger partial charge in [0.1, 0.15) is 24.0 Å². The Hall–Kier alpha value is -3.22. The molecule has 3 rings (SSSR count). The minimum atomic E-state index is -4.55. The van der Waals surface area contributed by atoms with E-state index in [9.17, 15) is 17.6 Å². The number of aromatic nitrogens is 2. The van der Waals surface area contributed by atoms with Crippen molar-refractivity contribution in [2.24, 2.45) is 5.73 Å². The summed E-state index contributed by atoms with van der Waals surface area (Å²) in [6, 6.07) is 10.1. The number of nitriles is 1. The van der Waals surface area contributed by atoms with Crippen molar-refractivity contribution < 1.29 is 17.6 Å². The van der Waals surface area contributed by atoms with Gasteiger partial charge in [-0.2, -0.15) is 18.4 Å². The predicted octanol–water partition coefficient (Wildman–Crippen LogP) is 4.94. The van der Waals surface area contributed by atoms with Crippen LogP contribution in [-0.4, -0.2) is 16.5 Å². The topological polar surface area (TPSA) is 87.6 Å². The molecule has 0 radical (unpaired) electrons. The van der Waals surface area contributed by atoms with Gasteiger partial charge in [0, 0.05) is 24.2 Å². The van der Waals surface area contributed by atoms with Gasteiger partial charge in [0.25, 0.3) is 0 Å². The molecule has 0 saturated heterocycles. The zero-order valence-corrected chi connectivity index (χ0v) is 16.0. The molecule has 2 aromatic carbocycles. The summed E-state index contributed by atoms with van der Waals surface area (Å²) in [6.45, 7) is 0.209. The van der Waals surface area contributed by atoms with Crippen molar-refractivity contribution in [3.05, 3.63) is 76.3 Å². The molecule has 0 spiro atoms. The first-order chi connectivity index (χ1) is 14.2. The summed E-state index contributed by atoms with van der Waals surface area (Å²) < 4.78 is 52.0. The molecule has 0 bridgehead atoms. The van der Waals surface area contributed by atoms with E-state index in [1.807, 2.05) is 0 Å². The van der Waals surface area contributed by atoms with Crippen molar-refractivity contribution in [1.29, 1.82) is 5.26 Å². The number of hydrogen-bond donors (Lipinski definition) is 2. The third-order valence-corrected chi connectivity index (χ3v) is 4.59. The molecule has 1 unspecified atom stereocenters. The summed E-state index contributed by atoms with van der Waals surface area (Å²) in [5, 5.41) is 11.5. The van der Waals surface area contributed by atoms with E-state index in [4.69, 9.17) is 22.6 Å². The molecule has 1 heterocycles. The van der Waals surface area contributed by atoms with Crippen LogP contribution in [0.25, 0.3) is 11.3 Å². The van der Waals surface area contributed by atoms with Gasteiger partial charge in [-0.1, -0.05) is 23.7 Å². The summed E-state index contributed by atoms with van der Waals surface area (Å²) in [4.78, 5) is 8.11. The zero-order chi connectivity index (χ0) is 21.9. The summed E-state index contributed by atoms with van der Waals surface area (Å²) in [5.74, 6) is -0.244. The Labute approximate surface area is 174 Å². The van der Waals surface area contributed by atoms with Crippen LogP contribution in [-0.2, 0) is 6.18 Å². The fourth-order valence-corrected chi connectivity index (χ4v) is 3.00. The lowest BCUT2D eigenvalue weighted by Gasteiger charge is -2.15. The first-order valence-electron chi connectivity index (χ1n) is 8.57. The molecule has 0 saturated carbocycles. The Morgan fingerprint density at radius 3 is 2.57 bits per heavy atom. The van der Waals surface area contributed by atoms with Crippen molar-refractivity contribution in [1.82, 2.24) is 9.97 Å². The number of rotatable bonds is 5. The van der Waals surface area contributed by atoms with Gasteiger partial charge in [-0.3, -0.25) is 0 Å². The van der Waals surface area contributed by atoms with E-state index < -0.39 is 28.6 Å². The Morgan fingerprint density at radius 2 is 1.90 bits per heavy atom. The van der Waals surface area contributed by atoms with Gasteiger partial charge in [-0.25, -0.2) is 14.4 Å². The molecular formula is C20H14ClF4N5. The zero-order valence-electron chi connectivity index (χ0n) is 15.2. The first-order valence-corrected chi connectivity index (χ1v) is 8.95. The maximum Gasteiger partial charge on any atom is 0.417 e. The van der Waals surface area contributed by atoms with Crippen molar-refractivity contribution in [3.63, 3.8) is 0 Å². The van der Waals surface area contributed by atoms with E-state index in [-0.39, 0.29) is 12.1 Å². The highest BCUT2D eigenvalue weighted by atomic mass is 35.5. The normalized spacial score (nSPS) is 12.3. The molecule has 1 aromatic heterocycles. The lowest BCUT2D eigenvalue weighted by molar-refractivity contribution is -0.137. The first kappa shape index (κ1) is 21.5. The smallest absolute Gasteiger partial charge is 0.368 e. The maximum absolute atomic E-state index is 13.4. The summed E-state index contributed by atoms with van der Waals surface area (Å²) >= 11 is 5.76. The van der Waals surface area contributed by atoms with Crippen LogP contribution >= 0.6 is 11.6 Å². The molecule has 0 fully saturated rings. The van der Waals surface area contributed by atoms with Gasteiger partial charge in [0.15, 0.2) is 0 Å². The second kappa shape index (κ2) is 8.65. The van der Waals surface area contributed by atoms with Crippen molar-refractivity contribution in [3.8, 4) is 17.3 Å². The van der Waals surface area contributed by atoms with Crippen LogP contribution in [0.1, 0.15) is 22.7 Å². The van der Waals surface area contributed by atoms with Gasteiger partial charge < -0.3 is 11.1 Å². The second-order valence-electron chi connectivity index (χ2n) is 6.32. The summed E-state index contributed by atoms with van der Waals surface area (Å²) in [6.07, 6.45) is -3.30. The minimum Gasteiger partial charge on any atom is -0.368 e. The van der Waals surface area contributed by atoms with E-state index in [1.54, 1.807) is 6.07 Å². The minimum absolute atomic E-state index is 0.105.